The molecule has 0 bridgehead atoms. The van der Waals surface area contributed by atoms with Crippen molar-refractivity contribution in [3.05, 3.63) is 320 Å². The molecule has 0 saturated heterocycles. The third-order valence-corrected chi connectivity index (χ3v) is 16.2. The van der Waals surface area contributed by atoms with E-state index >= 15 is 0 Å². The van der Waals surface area contributed by atoms with Crippen LogP contribution in [0.1, 0.15) is 21.9 Å². The number of hydrogen-bond donors (Lipinski definition) is 2. The molecule has 0 atom stereocenters. The van der Waals surface area contributed by atoms with Crippen LogP contribution in [0.4, 0.5) is 0 Å². The Morgan fingerprint density at radius 3 is 1.02 bits per heavy atom. The van der Waals surface area contributed by atoms with Gasteiger partial charge in [0.05, 0.1) is 21.9 Å². The molecule has 0 spiro atoms. The van der Waals surface area contributed by atoms with E-state index in [0.29, 0.717) is 38.8 Å². The highest BCUT2D eigenvalue weighted by atomic mass is 79.9. The van der Waals surface area contributed by atoms with Gasteiger partial charge in [0.1, 0.15) is 0 Å². The highest BCUT2D eigenvalue weighted by molar-refractivity contribution is 9.10. The van der Waals surface area contributed by atoms with Crippen LogP contribution in [0.25, 0.3) is 142 Å². The Kier molecular flexibility index (Phi) is 10.1. The molecule has 0 aliphatic carbocycles. The van der Waals surface area contributed by atoms with Crippen LogP contribution in [0, 0.1) is 0 Å². The van der Waals surface area contributed by atoms with Crippen LogP contribution in [-0.4, -0.2) is 17.2 Å². The molecule has 0 amide bonds. The van der Waals surface area contributed by atoms with Gasteiger partial charge < -0.3 is 10.0 Å². The van der Waals surface area contributed by atoms with E-state index in [-0.39, 0.29) is 95.9 Å². The SMILES string of the molecule is OB(O)c1ccc(-c2ccccc2)c2ccccc12.[2H]c1c([2H])c([2H])c2c(-c3ccc(-c4ccccc4)c4ccccc34)c3c([2H])c([2H])c([2H])c([2H])c3c(-c3ccc4ccccc4c3)c2c1[2H].[2H]c1c([2H])c([2H])c2c(-c3ccc4ccccc4c3)c3c([2H])c([2H])c([2H])c([2H])c3c(Br)c2c1[2H]. The van der Waals surface area contributed by atoms with Crippen molar-refractivity contribution in [3.8, 4) is 55.6 Å². The molecule has 16 aromatic rings. The highest BCUT2D eigenvalue weighted by Crippen LogP contribution is 2.47. The van der Waals surface area contributed by atoms with Gasteiger partial charge in [0, 0.05) is 4.47 Å². The minimum atomic E-state index is -1.45. The average Bonchev–Trinajstić information content (AvgIpc) is 0.701. The van der Waals surface area contributed by atoms with E-state index in [2.05, 4.69) is 28.1 Å². The Labute approximate surface area is 519 Å². The lowest BCUT2D eigenvalue weighted by Gasteiger charge is -2.20. The molecule has 0 aromatic heterocycles. The molecule has 0 aliphatic rings. The van der Waals surface area contributed by atoms with Crippen molar-refractivity contribution >= 4 is 115 Å². The summed E-state index contributed by atoms with van der Waals surface area (Å²) in [6.07, 6.45) is 0. The Morgan fingerprint density at radius 2 is 0.583 bits per heavy atom. The summed E-state index contributed by atoms with van der Waals surface area (Å²) in [5.41, 5.74) is 7.59. The first-order valence-electron chi connectivity index (χ1n) is 35.2. The Bertz CT molecular complexity index is 5960. The quantitative estimate of drug-likeness (QED) is 0.129. The van der Waals surface area contributed by atoms with Gasteiger partial charge in [-0.25, -0.2) is 0 Å². The first kappa shape index (κ1) is 37.2. The van der Waals surface area contributed by atoms with Crippen LogP contribution >= 0.6 is 15.9 Å². The first-order chi connectivity index (χ1) is 48.1. The van der Waals surface area contributed by atoms with Crippen LogP contribution in [-0.2, 0) is 0 Å². The third-order valence-electron chi connectivity index (χ3n) is 15.4. The zero-order valence-corrected chi connectivity index (χ0v) is 46.2. The Hall–Kier alpha value is -9.94. The molecule has 396 valence electrons. The lowest BCUT2D eigenvalue weighted by Crippen LogP contribution is -2.30. The summed E-state index contributed by atoms with van der Waals surface area (Å²) in [5, 5.41) is 27.8. The van der Waals surface area contributed by atoms with Crippen molar-refractivity contribution < 1.29 is 32.0 Å². The number of rotatable bonds is 6. The van der Waals surface area contributed by atoms with E-state index < -0.39 is 55.5 Å². The smallest absolute Gasteiger partial charge is 0.423 e. The molecule has 0 unspecified atom stereocenters. The zero-order chi connectivity index (χ0) is 70.4. The molecule has 0 aliphatic heterocycles. The number of fused-ring (bicyclic) bond motifs is 8. The van der Waals surface area contributed by atoms with Gasteiger partial charge in [-0.3, -0.25) is 0 Å². The van der Waals surface area contributed by atoms with E-state index in [1.54, 1.807) is 6.07 Å². The lowest BCUT2D eigenvalue weighted by molar-refractivity contribution is 0.426. The van der Waals surface area contributed by atoms with Gasteiger partial charge >= 0.3 is 7.12 Å². The molecular weight excluding hydrogens is 1080 g/mol. The van der Waals surface area contributed by atoms with Crippen molar-refractivity contribution in [3.63, 3.8) is 0 Å². The van der Waals surface area contributed by atoms with Gasteiger partial charge in [-0.05, 0) is 175 Å². The van der Waals surface area contributed by atoms with E-state index in [1.807, 2.05) is 200 Å². The first-order valence-corrected chi connectivity index (χ1v) is 28.0. The predicted molar refractivity (Wildman–Crippen MR) is 364 cm³/mol. The van der Waals surface area contributed by atoms with Gasteiger partial charge in [-0.1, -0.05) is 303 Å². The molecule has 2 nitrogen and oxygen atoms in total. The van der Waals surface area contributed by atoms with Crippen LogP contribution in [0.5, 0.6) is 0 Å². The van der Waals surface area contributed by atoms with E-state index in [4.69, 9.17) is 16.4 Å². The van der Waals surface area contributed by atoms with Crippen LogP contribution < -0.4 is 5.46 Å². The standard InChI is InChI=1S/C40H26.C24H15Br.C16H13BO2/c1-2-13-28(14-3-1)31-24-25-38(33-17-7-6-16-32(31)33)40-36-20-10-8-18-34(36)39(35-19-9-11-21-37(35)40)30-23-22-27-12-4-5-15-29(27)26-30;25-24-21-11-5-3-9-19(21)23(20-10-4-6-12-22(20)24)18-14-13-16-7-1-2-8-17(16)15-18;18-17(19)16-11-10-13(12-6-2-1-3-7-12)14-8-4-5-9-15(14)16/h1-26H;1-15H;1-11,18-19H/i8D,9D,10D,11D,18D,19D,20D,21D;3D,4D,5D,6D,9D,10D,11D,12D;. The predicted octanol–water partition coefficient (Wildman–Crippen LogP) is 21.1. The molecule has 0 radical (unpaired) electrons. The minimum Gasteiger partial charge on any atom is -0.423 e. The molecule has 2 N–H and O–H groups in total. The summed E-state index contributed by atoms with van der Waals surface area (Å²) >= 11 is 3.42. The molecule has 16 rings (SSSR count). The van der Waals surface area contributed by atoms with Crippen molar-refractivity contribution in [1.82, 2.24) is 0 Å². The summed E-state index contributed by atoms with van der Waals surface area (Å²) in [6, 6.07) is 64.5. The van der Waals surface area contributed by atoms with Crippen LogP contribution in [0.15, 0.2) is 320 Å². The summed E-state index contributed by atoms with van der Waals surface area (Å²) < 4.78 is 140. The normalized spacial score (nSPS) is 13.9. The van der Waals surface area contributed by atoms with Crippen molar-refractivity contribution in [1.29, 1.82) is 0 Å². The maximum Gasteiger partial charge on any atom is 0.489 e. The average molecular weight is 1150 g/mol. The number of hydrogen-bond acceptors (Lipinski definition) is 2. The monoisotopic (exact) mass is 1150 g/mol. The third kappa shape index (κ3) is 9.66. The van der Waals surface area contributed by atoms with Crippen molar-refractivity contribution in [2.75, 3.05) is 0 Å². The molecule has 0 fully saturated rings. The Balaban J connectivity index is 0.000000141. The second-order valence-electron chi connectivity index (χ2n) is 20.1. The largest absolute Gasteiger partial charge is 0.489 e. The fourth-order valence-corrected chi connectivity index (χ4v) is 12.1. The van der Waals surface area contributed by atoms with Gasteiger partial charge in [-0.15, -0.1) is 0 Å². The topological polar surface area (TPSA) is 40.5 Å². The molecular formula is C80H54BBrO2. The molecule has 0 saturated carbocycles. The minimum absolute atomic E-state index is 0.182. The van der Waals surface area contributed by atoms with E-state index in [0.717, 1.165) is 65.3 Å². The van der Waals surface area contributed by atoms with Crippen LogP contribution in [0.2, 0.25) is 0 Å². The number of benzene rings is 16. The second-order valence-corrected chi connectivity index (χ2v) is 20.9. The van der Waals surface area contributed by atoms with Crippen LogP contribution in [0.3, 0.4) is 0 Å². The fraction of sp³-hybridized carbons (Fsp3) is 0. The molecule has 0 heterocycles. The maximum atomic E-state index is 9.44. The summed E-state index contributed by atoms with van der Waals surface area (Å²) in [7, 11) is -1.45. The fourth-order valence-electron chi connectivity index (χ4n) is 11.5. The summed E-state index contributed by atoms with van der Waals surface area (Å²) in [4.78, 5) is 0. The number of halogens is 1. The van der Waals surface area contributed by atoms with Gasteiger partial charge in [-0.2, -0.15) is 0 Å². The van der Waals surface area contributed by atoms with E-state index in [1.165, 1.54) is 0 Å². The van der Waals surface area contributed by atoms with E-state index in [9.17, 15) is 15.5 Å². The molecule has 4 heteroatoms. The molecule has 84 heavy (non-hydrogen) atoms. The lowest BCUT2D eigenvalue weighted by atomic mass is 9.76. The van der Waals surface area contributed by atoms with Gasteiger partial charge in [0.25, 0.3) is 0 Å². The van der Waals surface area contributed by atoms with Gasteiger partial charge in [0.15, 0.2) is 0 Å². The summed E-state index contributed by atoms with van der Waals surface area (Å²) in [5.74, 6) is 0. The zero-order valence-electron chi connectivity index (χ0n) is 60.6. The highest BCUT2D eigenvalue weighted by Gasteiger charge is 2.21. The van der Waals surface area contributed by atoms with Crippen molar-refractivity contribution in [2.45, 2.75) is 0 Å². The maximum absolute atomic E-state index is 9.44. The Morgan fingerprint density at radius 1 is 0.262 bits per heavy atom. The van der Waals surface area contributed by atoms with Crippen molar-refractivity contribution in [2.24, 2.45) is 0 Å². The summed E-state index contributed by atoms with van der Waals surface area (Å²) in [6.45, 7) is 0. The van der Waals surface area contributed by atoms with Gasteiger partial charge in [0.2, 0.25) is 0 Å². The second kappa shape index (κ2) is 22.8. The molecule has 16 aromatic carbocycles.